The topological polar surface area (TPSA) is 76.5 Å². The summed E-state index contributed by atoms with van der Waals surface area (Å²) in [6.45, 7) is 13.4. The highest BCUT2D eigenvalue weighted by molar-refractivity contribution is 7.09. The average Bonchev–Trinajstić information content (AvgIpc) is 3.13. The fraction of sp³-hybridized carbons (Fsp3) is 0.593. The van der Waals surface area contributed by atoms with Crippen LogP contribution in [0.4, 0.5) is 0 Å². The molecule has 1 aliphatic heterocycles. The zero-order chi connectivity index (χ0) is 24.8. The van der Waals surface area contributed by atoms with E-state index in [0.717, 1.165) is 22.7 Å². The number of carbonyl (C=O) groups is 2. The zero-order valence-electron chi connectivity index (χ0n) is 21.1. The molecule has 1 aromatic rings. The molecule has 1 N–H and O–H groups in total. The monoisotopic (exact) mass is 473 g/mol. The van der Waals surface area contributed by atoms with Gasteiger partial charge in [-0.2, -0.15) is 0 Å². The number of aliphatic hydroxyl groups excluding tert-OH is 1. The minimum absolute atomic E-state index is 0.0299. The Kier molecular flexibility index (Phi) is 9.80. The lowest BCUT2D eigenvalue weighted by Gasteiger charge is -2.32. The first kappa shape index (κ1) is 27.2. The largest absolute Gasteiger partial charge is 0.457 e. The van der Waals surface area contributed by atoms with Crippen LogP contribution in [0.1, 0.15) is 77.9 Å². The van der Waals surface area contributed by atoms with Crippen molar-refractivity contribution in [2.24, 2.45) is 17.3 Å². The molecule has 0 bridgehead atoms. The van der Waals surface area contributed by atoms with Crippen LogP contribution in [0, 0.1) is 24.2 Å². The molecule has 0 amide bonds. The van der Waals surface area contributed by atoms with E-state index in [1.807, 2.05) is 32.2 Å². The molecule has 33 heavy (non-hydrogen) atoms. The lowest BCUT2D eigenvalue weighted by Crippen LogP contribution is -2.42. The Morgan fingerprint density at radius 2 is 1.97 bits per heavy atom. The highest BCUT2D eigenvalue weighted by Gasteiger charge is 2.39. The highest BCUT2D eigenvalue weighted by atomic mass is 32.1. The number of cyclic esters (lactones) is 1. The fourth-order valence-corrected chi connectivity index (χ4v) is 4.71. The van der Waals surface area contributed by atoms with Gasteiger partial charge in [0.2, 0.25) is 0 Å². The molecule has 2 heterocycles. The third-order valence-electron chi connectivity index (χ3n) is 6.38. The van der Waals surface area contributed by atoms with Crippen LogP contribution < -0.4 is 0 Å². The van der Waals surface area contributed by atoms with Gasteiger partial charge in [-0.25, -0.2) is 4.98 Å². The number of Topliss-reactive ketones (excluding diaryl/α,β-unsaturated/α-hetero) is 1. The van der Waals surface area contributed by atoms with Crippen molar-refractivity contribution in [2.45, 2.75) is 86.4 Å². The van der Waals surface area contributed by atoms with E-state index in [-0.39, 0.29) is 24.0 Å². The molecule has 0 radical (unpaired) electrons. The summed E-state index contributed by atoms with van der Waals surface area (Å²) >= 11 is 1.57. The van der Waals surface area contributed by atoms with E-state index in [0.29, 0.717) is 12.8 Å². The third kappa shape index (κ3) is 8.04. The second-order valence-corrected chi connectivity index (χ2v) is 11.1. The summed E-state index contributed by atoms with van der Waals surface area (Å²) in [5.74, 6) is -0.496. The minimum Gasteiger partial charge on any atom is -0.457 e. The van der Waals surface area contributed by atoms with Crippen molar-refractivity contribution >= 4 is 29.2 Å². The maximum Gasteiger partial charge on any atom is 0.309 e. The van der Waals surface area contributed by atoms with Gasteiger partial charge in [0.1, 0.15) is 11.9 Å². The van der Waals surface area contributed by atoms with Crippen molar-refractivity contribution in [1.82, 2.24) is 4.98 Å². The van der Waals surface area contributed by atoms with Gasteiger partial charge in [-0.1, -0.05) is 51.5 Å². The number of allylic oxidation sites excluding steroid dienone is 3. The van der Waals surface area contributed by atoms with E-state index < -0.39 is 23.6 Å². The van der Waals surface area contributed by atoms with E-state index in [2.05, 4.69) is 37.1 Å². The van der Waals surface area contributed by atoms with E-state index >= 15 is 0 Å². The summed E-state index contributed by atoms with van der Waals surface area (Å²) in [7, 11) is 0. The molecule has 0 aliphatic carbocycles. The Labute approximate surface area is 202 Å². The van der Waals surface area contributed by atoms with E-state index in [9.17, 15) is 14.7 Å². The second kappa shape index (κ2) is 11.9. The van der Waals surface area contributed by atoms with Crippen molar-refractivity contribution in [2.75, 3.05) is 0 Å². The predicted molar refractivity (Wildman–Crippen MR) is 135 cm³/mol. The number of thiazole rings is 1. The number of esters is 1. The molecule has 5 nitrogen and oxygen atoms in total. The van der Waals surface area contributed by atoms with Gasteiger partial charge in [-0.15, -0.1) is 11.3 Å². The van der Waals surface area contributed by atoms with Gasteiger partial charge in [0, 0.05) is 17.7 Å². The van der Waals surface area contributed by atoms with Crippen LogP contribution in [0.2, 0.25) is 0 Å². The molecule has 6 heteroatoms. The van der Waals surface area contributed by atoms with Crippen LogP contribution in [-0.2, 0) is 14.3 Å². The number of aromatic nitrogens is 1. The van der Waals surface area contributed by atoms with Gasteiger partial charge >= 0.3 is 5.97 Å². The van der Waals surface area contributed by atoms with Crippen molar-refractivity contribution < 1.29 is 19.4 Å². The first-order valence-corrected chi connectivity index (χ1v) is 12.6. The predicted octanol–water partition coefficient (Wildman–Crippen LogP) is 6.07. The lowest BCUT2D eigenvalue weighted by atomic mass is 9.74. The molecule has 2 rings (SSSR count). The summed E-state index contributed by atoms with van der Waals surface area (Å²) in [6, 6.07) is 0. The molecule has 0 aromatic carbocycles. The van der Waals surface area contributed by atoms with Crippen molar-refractivity contribution in [3.8, 4) is 0 Å². The Morgan fingerprint density at radius 3 is 2.61 bits per heavy atom. The number of nitrogens with zero attached hydrogens (tertiary/aromatic N) is 1. The number of ketones is 1. The summed E-state index contributed by atoms with van der Waals surface area (Å²) in [4.78, 5) is 30.4. The highest BCUT2D eigenvalue weighted by Crippen LogP contribution is 2.31. The molecule has 0 saturated carbocycles. The van der Waals surface area contributed by atoms with Crippen LogP contribution >= 0.6 is 11.3 Å². The van der Waals surface area contributed by atoms with Crippen LogP contribution in [0.15, 0.2) is 34.8 Å². The summed E-state index contributed by atoms with van der Waals surface area (Å²) < 4.78 is 5.82. The Morgan fingerprint density at radius 1 is 1.27 bits per heavy atom. The quantitative estimate of drug-likeness (QED) is 0.417. The number of ether oxygens (including phenoxy) is 1. The van der Waals surface area contributed by atoms with Gasteiger partial charge in [0.15, 0.2) is 0 Å². The van der Waals surface area contributed by atoms with Crippen molar-refractivity contribution in [1.29, 1.82) is 0 Å². The Bertz CT molecular complexity index is 924. The third-order valence-corrected chi connectivity index (χ3v) is 7.17. The standard InChI is InChI=1S/C27H39NO4S/c1-17-9-8-10-18(2)13-20(4)26(31)27(6,7)24(29)15-25(30)32-23(12-11-17)19(3)14-22-16-33-21(5)28-22/h8,10-11,14,16,18,20,23-24,29H,9,12-13,15H2,1-7H3/b10-8-,17-11-,19-14+/t18-,20+,23-,24-/m0/s1. The molecule has 1 aliphatic rings. The van der Waals surface area contributed by atoms with E-state index in [1.54, 1.807) is 25.2 Å². The van der Waals surface area contributed by atoms with E-state index in [4.69, 9.17) is 4.74 Å². The SMILES string of the molecule is C/C1=C/C[C@@H](/C(C)=C/c2csc(C)n2)OC(=O)C[C@H](O)C(C)(C)C(=O)[C@H](C)C[C@@H](C)/C=C\C1. The lowest BCUT2D eigenvalue weighted by molar-refractivity contribution is -0.153. The van der Waals surface area contributed by atoms with Gasteiger partial charge in [-0.05, 0) is 51.2 Å². The first-order chi connectivity index (χ1) is 15.4. The van der Waals surface area contributed by atoms with Crippen molar-refractivity contribution in [3.63, 3.8) is 0 Å². The average molecular weight is 474 g/mol. The van der Waals surface area contributed by atoms with Crippen LogP contribution in [0.3, 0.4) is 0 Å². The molecule has 1 aromatic heterocycles. The molecular formula is C27H39NO4S. The van der Waals surface area contributed by atoms with Crippen LogP contribution in [0.25, 0.3) is 6.08 Å². The summed E-state index contributed by atoms with van der Waals surface area (Å²) in [5.41, 5.74) is 1.89. The molecule has 0 unspecified atom stereocenters. The summed E-state index contributed by atoms with van der Waals surface area (Å²) in [6.07, 6.45) is 8.62. The molecule has 0 fully saturated rings. The normalized spacial score (nSPS) is 30.9. The van der Waals surface area contributed by atoms with E-state index in [1.165, 1.54) is 5.57 Å². The van der Waals surface area contributed by atoms with Crippen LogP contribution in [-0.4, -0.2) is 34.1 Å². The van der Waals surface area contributed by atoms with Crippen LogP contribution in [0.5, 0.6) is 0 Å². The van der Waals surface area contributed by atoms with Gasteiger partial charge in [0.25, 0.3) is 0 Å². The molecular weight excluding hydrogens is 434 g/mol. The number of rotatable bonds is 2. The Hall–Kier alpha value is -2.05. The number of aliphatic hydroxyl groups is 1. The van der Waals surface area contributed by atoms with Gasteiger partial charge in [-0.3, -0.25) is 9.59 Å². The molecule has 182 valence electrons. The number of carbonyl (C=O) groups excluding carboxylic acids is 2. The second-order valence-electron chi connectivity index (χ2n) is 10.00. The maximum absolute atomic E-state index is 13.1. The first-order valence-electron chi connectivity index (χ1n) is 11.7. The molecule has 0 spiro atoms. The molecule has 0 saturated heterocycles. The maximum atomic E-state index is 13.1. The number of hydrogen-bond acceptors (Lipinski definition) is 6. The van der Waals surface area contributed by atoms with Gasteiger partial charge in [0.05, 0.1) is 28.6 Å². The number of aryl methyl sites for hydroxylation is 1. The zero-order valence-corrected chi connectivity index (χ0v) is 21.9. The fourth-order valence-electron chi connectivity index (χ4n) is 4.14. The molecule has 4 atom stereocenters. The smallest absolute Gasteiger partial charge is 0.309 e. The Balaban J connectivity index is 2.33. The minimum atomic E-state index is -1.11. The van der Waals surface area contributed by atoms with Crippen molar-refractivity contribution in [3.05, 3.63) is 45.5 Å². The number of hydrogen-bond donors (Lipinski definition) is 1. The summed E-state index contributed by atoms with van der Waals surface area (Å²) in [5, 5.41) is 13.8. The van der Waals surface area contributed by atoms with Gasteiger partial charge < -0.3 is 9.84 Å².